The van der Waals surface area contributed by atoms with Crippen LogP contribution in [-0.2, 0) is 20.8 Å². The smallest absolute Gasteiger partial charge is 0.326 e. The zero-order valence-corrected chi connectivity index (χ0v) is 11.0. The third kappa shape index (κ3) is 3.59. The van der Waals surface area contributed by atoms with Crippen LogP contribution in [0.15, 0.2) is 30.5 Å². The molecule has 1 amide bonds. The maximum absolute atomic E-state index is 11.9. The summed E-state index contributed by atoms with van der Waals surface area (Å²) in [4.78, 5) is 36.3. The number of hydrogen-bond donors (Lipinski definition) is 4. The Hall–Kier alpha value is -2.83. The second-order valence-electron chi connectivity index (χ2n) is 4.59. The molecule has 0 aliphatic carbocycles. The van der Waals surface area contributed by atoms with E-state index in [0.717, 1.165) is 16.5 Å². The number of carboxylic acid groups (broad SMARTS) is 2. The minimum atomic E-state index is -1.43. The molecule has 4 N–H and O–H groups in total. The zero-order valence-electron chi connectivity index (χ0n) is 11.0. The number of fused-ring (bicyclic) bond motifs is 1. The molecule has 1 unspecified atom stereocenters. The number of carboxylic acids is 2. The normalized spacial score (nSPS) is 12.0. The van der Waals surface area contributed by atoms with E-state index in [4.69, 9.17) is 10.2 Å². The number of nitrogens with one attached hydrogen (secondary N) is 2. The SMILES string of the molecule is O=C(O)CC(NC(=O)Cc1c[nH]c2ccccc12)C(=O)O. The molecule has 0 spiro atoms. The van der Waals surface area contributed by atoms with Crippen molar-refractivity contribution in [2.75, 3.05) is 0 Å². The Labute approximate surface area is 119 Å². The predicted molar refractivity (Wildman–Crippen MR) is 73.8 cm³/mol. The van der Waals surface area contributed by atoms with Gasteiger partial charge in [-0.2, -0.15) is 0 Å². The molecular weight excluding hydrogens is 276 g/mol. The van der Waals surface area contributed by atoms with E-state index >= 15 is 0 Å². The molecule has 1 atom stereocenters. The van der Waals surface area contributed by atoms with Gasteiger partial charge in [0.1, 0.15) is 6.04 Å². The van der Waals surface area contributed by atoms with Crippen LogP contribution in [0.3, 0.4) is 0 Å². The highest BCUT2D eigenvalue weighted by atomic mass is 16.4. The second-order valence-corrected chi connectivity index (χ2v) is 4.59. The number of carbonyl (C=O) groups excluding carboxylic acids is 1. The Bertz CT molecular complexity index is 691. The topological polar surface area (TPSA) is 119 Å². The summed E-state index contributed by atoms with van der Waals surface area (Å²) in [5, 5.41) is 20.6. The van der Waals surface area contributed by atoms with Crippen LogP contribution < -0.4 is 5.32 Å². The summed E-state index contributed by atoms with van der Waals surface area (Å²) < 4.78 is 0. The van der Waals surface area contributed by atoms with Gasteiger partial charge in [-0.15, -0.1) is 0 Å². The molecule has 2 aromatic rings. The molecule has 0 fully saturated rings. The molecule has 7 nitrogen and oxygen atoms in total. The highest BCUT2D eigenvalue weighted by Gasteiger charge is 2.23. The molecule has 110 valence electrons. The van der Waals surface area contributed by atoms with Crippen molar-refractivity contribution >= 4 is 28.7 Å². The lowest BCUT2D eigenvalue weighted by atomic mass is 10.1. The number of rotatable bonds is 6. The van der Waals surface area contributed by atoms with Gasteiger partial charge < -0.3 is 20.5 Å². The van der Waals surface area contributed by atoms with Gasteiger partial charge in [0.15, 0.2) is 0 Å². The first-order chi connectivity index (χ1) is 9.97. The Morgan fingerprint density at radius 1 is 1.19 bits per heavy atom. The average molecular weight is 290 g/mol. The van der Waals surface area contributed by atoms with Crippen LogP contribution in [0.4, 0.5) is 0 Å². The van der Waals surface area contributed by atoms with Crippen LogP contribution in [0.2, 0.25) is 0 Å². The molecule has 1 aromatic carbocycles. The molecule has 1 aromatic heterocycles. The first kappa shape index (κ1) is 14.6. The van der Waals surface area contributed by atoms with Crippen LogP contribution >= 0.6 is 0 Å². The monoisotopic (exact) mass is 290 g/mol. The van der Waals surface area contributed by atoms with E-state index < -0.39 is 30.3 Å². The lowest BCUT2D eigenvalue weighted by Crippen LogP contribution is -2.42. The molecule has 0 radical (unpaired) electrons. The fourth-order valence-corrected chi connectivity index (χ4v) is 2.07. The van der Waals surface area contributed by atoms with Gasteiger partial charge in [0.25, 0.3) is 0 Å². The molecular formula is C14H14N2O5. The Morgan fingerprint density at radius 3 is 2.57 bits per heavy atom. The number of aromatic amines is 1. The highest BCUT2D eigenvalue weighted by molar-refractivity contribution is 5.91. The number of aromatic nitrogens is 1. The maximum atomic E-state index is 11.9. The minimum Gasteiger partial charge on any atom is -0.481 e. The largest absolute Gasteiger partial charge is 0.481 e. The molecule has 21 heavy (non-hydrogen) atoms. The van der Waals surface area contributed by atoms with Crippen molar-refractivity contribution in [2.24, 2.45) is 0 Å². The molecule has 7 heteroatoms. The first-order valence-electron chi connectivity index (χ1n) is 6.26. The summed E-state index contributed by atoms with van der Waals surface area (Å²) in [6.45, 7) is 0. The molecule has 2 rings (SSSR count). The summed E-state index contributed by atoms with van der Waals surface area (Å²) in [5.41, 5.74) is 1.60. The maximum Gasteiger partial charge on any atom is 0.326 e. The summed E-state index contributed by atoms with van der Waals surface area (Å²) in [5.74, 6) is -3.19. The summed E-state index contributed by atoms with van der Waals surface area (Å²) in [6, 6.07) is 5.97. The molecule has 0 saturated heterocycles. The summed E-state index contributed by atoms with van der Waals surface area (Å²) in [7, 11) is 0. The van der Waals surface area contributed by atoms with Gasteiger partial charge in [-0.3, -0.25) is 9.59 Å². The molecule has 0 bridgehead atoms. The molecule has 0 aliphatic rings. The quantitative estimate of drug-likeness (QED) is 0.626. The predicted octanol–water partition coefficient (Wildman–Crippen LogP) is 0.754. The fourth-order valence-electron chi connectivity index (χ4n) is 2.07. The minimum absolute atomic E-state index is 0.0204. The van der Waals surface area contributed by atoms with Crippen LogP contribution in [0, 0.1) is 0 Å². The van der Waals surface area contributed by atoms with Gasteiger partial charge in [-0.25, -0.2) is 4.79 Å². The Balaban J connectivity index is 2.07. The van der Waals surface area contributed by atoms with Crippen LogP contribution in [-0.4, -0.2) is 39.1 Å². The van der Waals surface area contributed by atoms with Crippen molar-refractivity contribution < 1.29 is 24.6 Å². The van der Waals surface area contributed by atoms with Gasteiger partial charge in [0.2, 0.25) is 5.91 Å². The number of para-hydroxylation sites is 1. The lowest BCUT2D eigenvalue weighted by molar-refractivity contribution is -0.147. The standard InChI is InChI=1S/C14H14N2O5/c17-12(16-11(14(20)21)6-13(18)19)5-8-7-15-10-4-2-1-3-9(8)10/h1-4,7,11,15H,5-6H2,(H,16,17)(H,18,19)(H,20,21). The third-order valence-corrected chi connectivity index (χ3v) is 3.04. The Kier molecular flexibility index (Phi) is 4.22. The van der Waals surface area contributed by atoms with Crippen molar-refractivity contribution in [1.29, 1.82) is 0 Å². The number of aliphatic carboxylic acids is 2. The van der Waals surface area contributed by atoms with Gasteiger partial charge in [-0.1, -0.05) is 18.2 Å². The van der Waals surface area contributed by atoms with E-state index in [1.165, 1.54) is 0 Å². The number of carbonyl (C=O) groups is 3. The van der Waals surface area contributed by atoms with Gasteiger partial charge in [0, 0.05) is 17.1 Å². The number of amides is 1. The van der Waals surface area contributed by atoms with E-state index in [-0.39, 0.29) is 6.42 Å². The highest BCUT2D eigenvalue weighted by Crippen LogP contribution is 2.18. The van der Waals surface area contributed by atoms with E-state index in [2.05, 4.69) is 10.3 Å². The Morgan fingerprint density at radius 2 is 1.90 bits per heavy atom. The van der Waals surface area contributed by atoms with Crippen molar-refractivity contribution in [3.63, 3.8) is 0 Å². The zero-order chi connectivity index (χ0) is 15.4. The fraction of sp³-hybridized carbons (Fsp3) is 0.214. The number of hydrogen-bond acceptors (Lipinski definition) is 3. The molecule has 0 aliphatic heterocycles. The lowest BCUT2D eigenvalue weighted by Gasteiger charge is -2.12. The summed E-state index contributed by atoms with van der Waals surface area (Å²) in [6.07, 6.45) is 1.000. The molecule has 0 saturated carbocycles. The van der Waals surface area contributed by atoms with Crippen molar-refractivity contribution in [3.05, 3.63) is 36.0 Å². The van der Waals surface area contributed by atoms with Crippen LogP contribution in [0.25, 0.3) is 10.9 Å². The van der Waals surface area contributed by atoms with E-state index in [9.17, 15) is 14.4 Å². The van der Waals surface area contributed by atoms with Crippen LogP contribution in [0.5, 0.6) is 0 Å². The van der Waals surface area contributed by atoms with Gasteiger partial charge in [0.05, 0.1) is 12.8 Å². The molecule has 1 heterocycles. The van der Waals surface area contributed by atoms with Crippen molar-refractivity contribution in [1.82, 2.24) is 10.3 Å². The van der Waals surface area contributed by atoms with Gasteiger partial charge >= 0.3 is 11.9 Å². The number of benzene rings is 1. The number of H-pyrrole nitrogens is 1. The summed E-state index contributed by atoms with van der Waals surface area (Å²) >= 11 is 0. The average Bonchev–Trinajstić information content (AvgIpc) is 2.81. The van der Waals surface area contributed by atoms with Crippen molar-refractivity contribution in [2.45, 2.75) is 18.9 Å². The first-order valence-corrected chi connectivity index (χ1v) is 6.26. The van der Waals surface area contributed by atoms with E-state index in [0.29, 0.717) is 0 Å². The van der Waals surface area contributed by atoms with Crippen LogP contribution in [0.1, 0.15) is 12.0 Å². The van der Waals surface area contributed by atoms with Gasteiger partial charge in [-0.05, 0) is 11.6 Å². The van der Waals surface area contributed by atoms with Crippen molar-refractivity contribution in [3.8, 4) is 0 Å². The van der Waals surface area contributed by atoms with E-state index in [1.54, 1.807) is 6.20 Å². The van der Waals surface area contributed by atoms with E-state index in [1.807, 2.05) is 24.3 Å². The second kappa shape index (κ2) is 6.08. The third-order valence-electron chi connectivity index (χ3n) is 3.04.